The minimum absolute atomic E-state index is 0.321. The molecule has 0 unspecified atom stereocenters. The molecule has 3 N–H and O–H groups in total. The van der Waals surface area contributed by atoms with Crippen LogP contribution < -0.4 is 10.6 Å². The van der Waals surface area contributed by atoms with E-state index in [0.717, 1.165) is 53.1 Å². The maximum absolute atomic E-state index is 12.0. The van der Waals surface area contributed by atoms with E-state index in [0.29, 0.717) is 5.82 Å². The van der Waals surface area contributed by atoms with E-state index in [2.05, 4.69) is 9.97 Å². The number of aromatic amines is 1. The van der Waals surface area contributed by atoms with Gasteiger partial charge < -0.3 is 15.6 Å². The lowest BCUT2D eigenvalue weighted by atomic mass is 10.1. The predicted octanol–water partition coefficient (Wildman–Crippen LogP) is 3.14. The lowest BCUT2D eigenvalue weighted by molar-refractivity contribution is -0.119. The van der Waals surface area contributed by atoms with Crippen molar-refractivity contribution >= 4 is 22.8 Å². The van der Waals surface area contributed by atoms with Gasteiger partial charge in [-0.25, -0.2) is 9.97 Å². The number of rotatable bonds is 4. The maximum Gasteiger partial charge on any atom is 0.240 e. The summed E-state index contributed by atoms with van der Waals surface area (Å²) >= 11 is 0. The van der Waals surface area contributed by atoms with Gasteiger partial charge in [0, 0.05) is 30.2 Å². The summed E-state index contributed by atoms with van der Waals surface area (Å²) in [6.07, 6.45) is 5.07. The van der Waals surface area contributed by atoms with Crippen LogP contribution in [0.15, 0.2) is 60.9 Å². The fourth-order valence-electron chi connectivity index (χ4n) is 3.93. The number of amides is 1. The lowest BCUT2D eigenvalue weighted by Gasteiger charge is -2.24. The average molecular weight is 384 g/mol. The van der Waals surface area contributed by atoms with E-state index >= 15 is 0 Å². The number of nitrogens with two attached hydrogens (primary N) is 1. The van der Waals surface area contributed by atoms with Crippen LogP contribution in [0.5, 0.6) is 0 Å². The molecule has 0 saturated carbocycles. The summed E-state index contributed by atoms with van der Waals surface area (Å²) < 4.78 is 0. The van der Waals surface area contributed by atoms with Gasteiger partial charge in [-0.15, -0.1) is 0 Å². The molecule has 5 rings (SSSR count). The number of fused-ring (bicyclic) bond motifs is 1. The first-order valence-corrected chi connectivity index (χ1v) is 9.63. The van der Waals surface area contributed by atoms with Crippen molar-refractivity contribution in [1.29, 1.82) is 0 Å². The molecule has 7 nitrogen and oxygen atoms in total. The molecule has 4 heterocycles. The molecule has 1 aliphatic heterocycles. The number of carbonyl (C=O) groups is 1. The molecule has 1 atom stereocenters. The first-order valence-electron chi connectivity index (χ1n) is 9.63. The van der Waals surface area contributed by atoms with Crippen molar-refractivity contribution in [3.05, 3.63) is 60.9 Å². The Bertz CT molecular complexity index is 1170. The maximum atomic E-state index is 12.0. The van der Waals surface area contributed by atoms with E-state index in [1.165, 1.54) is 0 Å². The molecule has 3 aromatic heterocycles. The van der Waals surface area contributed by atoms with Crippen LogP contribution in [0.3, 0.4) is 0 Å². The molecular weight excluding hydrogens is 364 g/mol. The third kappa shape index (κ3) is 3.10. The zero-order valence-electron chi connectivity index (χ0n) is 15.7. The number of H-pyrrole nitrogens is 1. The molecule has 4 aromatic rings. The molecule has 29 heavy (non-hydrogen) atoms. The molecule has 1 amide bonds. The second-order valence-electron chi connectivity index (χ2n) is 7.17. The SMILES string of the molecule is NC(=O)[C@H]1CCCN1c1nc(-c2ccncc2)nc2[nH]c(-c3ccccc3)cc12. The zero-order chi connectivity index (χ0) is 19.8. The third-order valence-corrected chi connectivity index (χ3v) is 5.34. The topological polar surface area (TPSA) is 101 Å². The van der Waals surface area contributed by atoms with Crippen molar-refractivity contribution in [2.45, 2.75) is 18.9 Å². The Balaban J connectivity index is 1.72. The molecule has 0 aliphatic carbocycles. The second kappa shape index (κ2) is 7.01. The molecular formula is C22H20N6O. The van der Waals surface area contributed by atoms with Crippen LogP contribution in [0.2, 0.25) is 0 Å². The number of primary amides is 1. The van der Waals surface area contributed by atoms with Gasteiger partial charge in [-0.3, -0.25) is 9.78 Å². The number of hydrogen-bond acceptors (Lipinski definition) is 5. The quantitative estimate of drug-likeness (QED) is 0.563. The minimum atomic E-state index is -0.353. The van der Waals surface area contributed by atoms with Crippen LogP contribution in [0.25, 0.3) is 33.7 Å². The van der Waals surface area contributed by atoms with Gasteiger partial charge in [0.25, 0.3) is 0 Å². The van der Waals surface area contributed by atoms with Crippen LogP contribution in [0, 0.1) is 0 Å². The van der Waals surface area contributed by atoms with Crippen LogP contribution in [0.1, 0.15) is 12.8 Å². The van der Waals surface area contributed by atoms with Crippen molar-refractivity contribution < 1.29 is 4.79 Å². The van der Waals surface area contributed by atoms with Gasteiger partial charge in [0.2, 0.25) is 5.91 Å². The van der Waals surface area contributed by atoms with Crippen LogP contribution in [-0.4, -0.2) is 38.4 Å². The van der Waals surface area contributed by atoms with E-state index in [-0.39, 0.29) is 11.9 Å². The van der Waals surface area contributed by atoms with Crippen molar-refractivity contribution in [2.24, 2.45) is 5.73 Å². The molecule has 0 radical (unpaired) electrons. The average Bonchev–Trinajstić information content (AvgIpc) is 3.41. The monoisotopic (exact) mass is 384 g/mol. The van der Waals surface area contributed by atoms with Crippen molar-refractivity contribution in [2.75, 3.05) is 11.4 Å². The summed E-state index contributed by atoms with van der Waals surface area (Å²) in [4.78, 5) is 31.1. The van der Waals surface area contributed by atoms with E-state index in [1.54, 1.807) is 12.4 Å². The summed E-state index contributed by atoms with van der Waals surface area (Å²) in [6.45, 7) is 0.737. The third-order valence-electron chi connectivity index (χ3n) is 5.34. The highest BCUT2D eigenvalue weighted by atomic mass is 16.1. The number of pyridine rings is 1. The zero-order valence-corrected chi connectivity index (χ0v) is 15.7. The lowest BCUT2D eigenvalue weighted by Crippen LogP contribution is -2.40. The molecule has 0 spiro atoms. The Morgan fingerprint density at radius 1 is 1.07 bits per heavy atom. The van der Waals surface area contributed by atoms with Crippen molar-refractivity contribution in [1.82, 2.24) is 19.9 Å². The summed E-state index contributed by atoms with van der Waals surface area (Å²) in [5.41, 5.74) is 9.30. The smallest absolute Gasteiger partial charge is 0.240 e. The molecule has 1 aliphatic rings. The van der Waals surface area contributed by atoms with Crippen LogP contribution >= 0.6 is 0 Å². The fraction of sp³-hybridized carbons (Fsp3) is 0.182. The second-order valence-corrected chi connectivity index (χ2v) is 7.17. The molecule has 1 aromatic carbocycles. The van der Waals surface area contributed by atoms with E-state index in [9.17, 15) is 4.79 Å². The first-order chi connectivity index (χ1) is 14.2. The van der Waals surface area contributed by atoms with Crippen LogP contribution in [-0.2, 0) is 4.79 Å². The predicted molar refractivity (Wildman–Crippen MR) is 112 cm³/mol. The number of aromatic nitrogens is 4. The highest BCUT2D eigenvalue weighted by Gasteiger charge is 2.32. The molecule has 1 fully saturated rings. The number of hydrogen-bond donors (Lipinski definition) is 2. The van der Waals surface area contributed by atoms with Gasteiger partial charge in [0.05, 0.1) is 5.39 Å². The van der Waals surface area contributed by atoms with Gasteiger partial charge in [0.1, 0.15) is 17.5 Å². The normalized spacial score (nSPS) is 16.4. The van der Waals surface area contributed by atoms with Crippen LogP contribution in [0.4, 0.5) is 5.82 Å². The summed E-state index contributed by atoms with van der Waals surface area (Å²) in [5.74, 6) is 1.01. The molecule has 1 saturated heterocycles. The van der Waals surface area contributed by atoms with E-state index in [4.69, 9.17) is 15.7 Å². The van der Waals surface area contributed by atoms with Crippen molar-refractivity contribution in [3.63, 3.8) is 0 Å². The Kier molecular flexibility index (Phi) is 4.20. The molecule has 144 valence electrons. The fourth-order valence-corrected chi connectivity index (χ4v) is 3.93. The first kappa shape index (κ1) is 17.4. The number of nitrogens with zero attached hydrogens (tertiary/aromatic N) is 4. The summed E-state index contributed by atoms with van der Waals surface area (Å²) in [7, 11) is 0. The number of nitrogens with one attached hydrogen (secondary N) is 1. The summed E-state index contributed by atoms with van der Waals surface area (Å²) in [6, 6.07) is 15.5. The Morgan fingerprint density at radius 3 is 2.62 bits per heavy atom. The summed E-state index contributed by atoms with van der Waals surface area (Å²) in [5, 5.41) is 0.884. The Morgan fingerprint density at radius 2 is 1.86 bits per heavy atom. The molecule has 0 bridgehead atoms. The van der Waals surface area contributed by atoms with Gasteiger partial charge in [-0.1, -0.05) is 30.3 Å². The Labute approximate surface area is 167 Å². The standard InChI is InChI=1S/C22H20N6O/c23-19(29)18-7-4-12-28(18)22-16-13-17(14-5-2-1-3-6-14)25-21(16)26-20(27-22)15-8-10-24-11-9-15/h1-3,5-6,8-11,13,18H,4,7,12H2,(H2,23,29)(H,25,26,27)/t18-/m1/s1. The van der Waals surface area contributed by atoms with E-state index < -0.39 is 0 Å². The van der Waals surface area contributed by atoms with E-state index in [1.807, 2.05) is 53.4 Å². The number of carbonyl (C=O) groups excluding carboxylic acids is 1. The highest BCUT2D eigenvalue weighted by molar-refractivity contribution is 5.95. The minimum Gasteiger partial charge on any atom is -0.368 e. The van der Waals surface area contributed by atoms with Crippen molar-refractivity contribution in [3.8, 4) is 22.6 Å². The van der Waals surface area contributed by atoms with Gasteiger partial charge in [0.15, 0.2) is 5.82 Å². The number of anilines is 1. The highest BCUT2D eigenvalue weighted by Crippen LogP contribution is 2.34. The van der Waals surface area contributed by atoms with Gasteiger partial charge in [-0.2, -0.15) is 0 Å². The molecule has 7 heteroatoms. The Hall–Kier alpha value is -3.74. The van der Waals surface area contributed by atoms with Gasteiger partial charge in [-0.05, 0) is 36.6 Å². The van der Waals surface area contributed by atoms with Gasteiger partial charge >= 0.3 is 0 Å². The largest absolute Gasteiger partial charge is 0.368 e. The number of benzene rings is 1.